The molecule has 6 nitrogen and oxygen atoms in total. The third-order valence-corrected chi connectivity index (χ3v) is 8.99. The van der Waals surface area contributed by atoms with Crippen molar-refractivity contribution in [3.8, 4) is 11.3 Å². The van der Waals surface area contributed by atoms with Crippen molar-refractivity contribution in [2.24, 2.45) is 4.99 Å². The van der Waals surface area contributed by atoms with Crippen molar-refractivity contribution in [2.75, 3.05) is 0 Å². The van der Waals surface area contributed by atoms with Crippen LogP contribution in [0.3, 0.4) is 0 Å². The standard InChI is InChI=1S/C37H33ClF3N5O/c38-31-14-11-27(37(39,40)41)19-30(31)35-16-13-29(47-35)21-42-20-24-7-9-25(10-8-24)22-46(23-36-44-33-5-1-2-6-34(33)45-36)28-12-15-32-26(18-28)4-3-17-43-32/h1-11,13-14,16-19,28,32,42H,12,15,20-23H2,(H,44,45). The van der Waals surface area contributed by atoms with Gasteiger partial charge in [0.1, 0.15) is 17.3 Å². The van der Waals surface area contributed by atoms with E-state index in [-0.39, 0.29) is 22.7 Å². The molecular weight excluding hydrogens is 623 g/mol. The summed E-state index contributed by atoms with van der Waals surface area (Å²) >= 11 is 6.19. The third-order valence-electron chi connectivity index (χ3n) is 8.66. The number of para-hydroxylation sites is 2. The number of dihydropyridines is 1. The molecule has 1 aliphatic heterocycles. The number of imidazole rings is 1. The zero-order valence-electron chi connectivity index (χ0n) is 25.5. The van der Waals surface area contributed by atoms with Crippen molar-refractivity contribution in [2.45, 2.75) is 57.3 Å². The van der Waals surface area contributed by atoms with Crippen LogP contribution in [0, 0.1) is 0 Å². The lowest BCUT2D eigenvalue weighted by molar-refractivity contribution is -0.137. The minimum atomic E-state index is -4.46. The highest BCUT2D eigenvalue weighted by atomic mass is 35.5. The van der Waals surface area contributed by atoms with Crippen LogP contribution in [-0.2, 0) is 32.4 Å². The van der Waals surface area contributed by atoms with Gasteiger partial charge in [-0.1, -0.05) is 60.2 Å². The second-order valence-corrected chi connectivity index (χ2v) is 12.4. The number of hydrogen-bond acceptors (Lipinski definition) is 5. The van der Waals surface area contributed by atoms with E-state index in [0.717, 1.165) is 53.9 Å². The summed E-state index contributed by atoms with van der Waals surface area (Å²) < 4.78 is 45.4. The van der Waals surface area contributed by atoms with E-state index in [1.54, 1.807) is 12.1 Å². The Labute approximate surface area is 275 Å². The van der Waals surface area contributed by atoms with Gasteiger partial charge in [0, 0.05) is 30.9 Å². The molecule has 2 atom stereocenters. The molecule has 0 saturated carbocycles. The van der Waals surface area contributed by atoms with Crippen molar-refractivity contribution < 1.29 is 17.6 Å². The molecule has 0 spiro atoms. The van der Waals surface area contributed by atoms with Crippen molar-refractivity contribution in [3.05, 3.63) is 136 Å². The van der Waals surface area contributed by atoms with E-state index in [2.05, 4.69) is 62.7 Å². The fourth-order valence-corrected chi connectivity index (χ4v) is 6.44. The fourth-order valence-electron chi connectivity index (χ4n) is 6.23. The highest BCUT2D eigenvalue weighted by Crippen LogP contribution is 2.36. The van der Waals surface area contributed by atoms with E-state index in [1.165, 1.54) is 17.2 Å². The Hall–Kier alpha value is -4.44. The van der Waals surface area contributed by atoms with Crippen LogP contribution in [0.25, 0.3) is 22.4 Å². The SMILES string of the molecule is FC(F)(F)c1ccc(Cl)c(-c2ccc(CNCc3ccc(CN(Cc4nc5ccccc5[nH]4)C4C=C5C=CC=NC5CC4)cc3)o2)c1. The summed E-state index contributed by atoms with van der Waals surface area (Å²) in [5.41, 5.74) is 5.04. The highest BCUT2D eigenvalue weighted by molar-refractivity contribution is 6.33. The number of fused-ring (bicyclic) bond motifs is 2. The average Bonchev–Trinajstić information content (AvgIpc) is 3.71. The summed E-state index contributed by atoms with van der Waals surface area (Å²) in [6.45, 7) is 2.48. The van der Waals surface area contributed by atoms with E-state index in [4.69, 9.17) is 21.0 Å². The van der Waals surface area contributed by atoms with E-state index < -0.39 is 11.7 Å². The Morgan fingerprint density at radius 1 is 0.936 bits per heavy atom. The number of halogens is 4. The van der Waals surface area contributed by atoms with Gasteiger partial charge in [-0.2, -0.15) is 13.2 Å². The predicted molar refractivity (Wildman–Crippen MR) is 179 cm³/mol. The molecule has 2 N–H and O–H groups in total. The van der Waals surface area contributed by atoms with E-state index in [0.29, 0.717) is 31.2 Å². The number of alkyl halides is 3. The quantitative estimate of drug-likeness (QED) is 0.158. The lowest BCUT2D eigenvalue weighted by Crippen LogP contribution is -2.37. The Kier molecular flexibility index (Phi) is 8.86. The second-order valence-electron chi connectivity index (χ2n) is 12.0. The van der Waals surface area contributed by atoms with Crippen molar-refractivity contribution in [3.63, 3.8) is 0 Å². The summed E-state index contributed by atoms with van der Waals surface area (Å²) in [6.07, 6.45) is 6.03. The first-order chi connectivity index (χ1) is 22.8. The first kappa shape index (κ1) is 31.2. The third kappa shape index (κ3) is 7.27. The first-order valence-corrected chi connectivity index (χ1v) is 16.0. The zero-order valence-corrected chi connectivity index (χ0v) is 26.2. The maximum atomic E-state index is 13.2. The van der Waals surface area contributed by atoms with Gasteiger partial charge in [0.25, 0.3) is 0 Å². The topological polar surface area (TPSA) is 69.5 Å². The Morgan fingerprint density at radius 2 is 1.77 bits per heavy atom. The molecule has 2 aromatic heterocycles. The monoisotopic (exact) mass is 655 g/mol. The normalized spacial score (nSPS) is 17.8. The molecule has 0 amide bonds. The zero-order chi connectivity index (χ0) is 32.4. The molecule has 7 rings (SSSR count). The molecule has 0 bridgehead atoms. The first-order valence-electron chi connectivity index (χ1n) is 15.6. The number of allylic oxidation sites excluding steroid dienone is 1. The van der Waals surface area contributed by atoms with Crippen LogP contribution < -0.4 is 5.32 Å². The molecule has 240 valence electrons. The minimum absolute atomic E-state index is 0.201. The van der Waals surface area contributed by atoms with E-state index in [9.17, 15) is 13.2 Å². The number of hydrogen-bond donors (Lipinski definition) is 2. The maximum Gasteiger partial charge on any atom is 0.416 e. The largest absolute Gasteiger partial charge is 0.460 e. The number of furan rings is 1. The Bertz CT molecular complexity index is 1920. The van der Waals surface area contributed by atoms with Crippen molar-refractivity contribution in [1.29, 1.82) is 0 Å². The van der Waals surface area contributed by atoms with Gasteiger partial charge in [-0.25, -0.2) is 4.98 Å². The highest BCUT2D eigenvalue weighted by Gasteiger charge is 2.31. The van der Waals surface area contributed by atoms with Gasteiger partial charge in [0.2, 0.25) is 0 Å². The summed E-state index contributed by atoms with van der Waals surface area (Å²) in [7, 11) is 0. The summed E-state index contributed by atoms with van der Waals surface area (Å²) in [5, 5.41) is 3.56. The van der Waals surface area contributed by atoms with Gasteiger partial charge in [-0.15, -0.1) is 0 Å². The number of rotatable bonds is 10. The Balaban J connectivity index is 1.000. The van der Waals surface area contributed by atoms with E-state index >= 15 is 0 Å². The summed E-state index contributed by atoms with van der Waals surface area (Å²) in [4.78, 5) is 15.5. The van der Waals surface area contributed by atoms with Crippen LogP contribution in [0.1, 0.15) is 41.1 Å². The number of nitrogens with zero attached hydrogens (tertiary/aromatic N) is 3. The van der Waals surface area contributed by atoms with Gasteiger partial charge in [-0.05, 0) is 78.1 Å². The fraction of sp³-hybridized carbons (Fsp3) is 0.243. The van der Waals surface area contributed by atoms with Gasteiger partial charge in [0.15, 0.2) is 0 Å². The van der Waals surface area contributed by atoms with Gasteiger partial charge in [-0.3, -0.25) is 9.89 Å². The number of H-pyrrole nitrogens is 1. The lowest BCUT2D eigenvalue weighted by Gasteiger charge is -2.34. The van der Waals surface area contributed by atoms with Gasteiger partial charge < -0.3 is 14.7 Å². The number of aromatic amines is 1. The number of aliphatic imine (C=N–C) groups is 1. The molecule has 10 heteroatoms. The van der Waals surface area contributed by atoms with Crippen LogP contribution in [0.2, 0.25) is 5.02 Å². The van der Waals surface area contributed by atoms with Gasteiger partial charge in [0.05, 0.1) is 40.8 Å². The molecule has 3 aromatic carbocycles. The predicted octanol–water partition coefficient (Wildman–Crippen LogP) is 8.89. The lowest BCUT2D eigenvalue weighted by atomic mass is 9.89. The van der Waals surface area contributed by atoms with Crippen LogP contribution in [0.4, 0.5) is 13.2 Å². The summed E-state index contributed by atoms with van der Waals surface area (Å²) in [5.74, 6) is 1.85. The number of benzene rings is 3. The Morgan fingerprint density at radius 3 is 2.60 bits per heavy atom. The minimum Gasteiger partial charge on any atom is -0.460 e. The van der Waals surface area contributed by atoms with Crippen LogP contribution in [0.15, 0.2) is 112 Å². The molecule has 1 aliphatic carbocycles. The van der Waals surface area contributed by atoms with Crippen molar-refractivity contribution in [1.82, 2.24) is 20.2 Å². The van der Waals surface area contributed by atoms with Crippen molar-refractivity contribution >= 4 is 28.8 Å². The smallest absolute Gasteiger partial charge is 0.416 e. The molecule has 2 aliphatic rings. The van der Waals surface area contributed by atoms with Crippen LogP contribution >= 0.6 is 11.6 Å². The molecule has 0 fully saturated rings. The van der Waals surface area contributed by atoms with Crippen LogP contribution in [-0.4, -0.2) is 33.2 Å². The molecule has 5 aromatic rings. The molecule has 0 radical (unpaired) electrons. The average molecular weight is 656 g/mol. The molecule has 3 heterocycles. The van der Waals surface area contributed by atoms with Gasteiger partial charge >= 0.3 is 6.18 Å². The number of aromatic nitrogens is 2. The number of nitrogens with one attached hydrogen (secondary N) is 2. The molecular formula is C37H33ClF3N5O. The second kappa shape index (κ2) is 13.4. The maximum absolute atomic E-state index is 13.2. The van der Waals surface area contributed by atoms with Crippen LogP contribution in [0.5, 0.6) is 0 Å². The molecule has 2 unspecified atom stereocenters. The molecule has 0 saturated heterocycles. The van der Waals surface area contributed by atoms with E-state index in [1.807, 2.05) is 30.5 Å². The summed E-state index contributed by atoms with van der Waals surface area (Å²) in [6, 6.07) is 23.8. The molecule has 47 heavy (non-hydrogen) atoms.